The van der Waals surface area contributed by atoms with Crippen molar-refractivity contribution in [3.63, 3.8) is 0 Å². The summed E-state index contributed by atoms with van der Waals surface area (Å²) in [6.45, 7) is 11.2. The molecular weight excluding hydrogens is 156 g/mol. The van der Waals surface area contributed by atoms with E-state index in [0.717, 1.165) is 6.42 Å². The zero-order valence-electron chi connectivity index (χ0n) is 8.45. The molecule has 0 aliphatic rings. The average molecular weight is 177 g/mol. The molecule has 0 radical (unpaired) electrons. The highest BCUT2D eigenvalue weighted by atomic mass is 35.5. The summed E-state index contributed by atoms with van der Waals surface area (Å²) in [5.41, 5.74) is 0.349. The molecular formula is C10H21Cl. The first-order valence-corrected chi connectivity index (χ1v) is 4.97. The van der Waals surface area contributed by atoms with E-state index in [9.17, 15) is 0 Å². The van der Waals surface area contributed by atoms with Crippen LogP contribution < -0.4 is 0 Å². The van der Waals surface area contributed by atoms with E-state index in [1.807, 2.05) is 0 Å². The van der Waals surface area contributed by atoms with Crippen molar-refractivity contribution in [3.05, 3.63) is 0 Å². The Kier molecular flexibility index (Phi) is 4.46. The predicted molar refractivity (Wildman–Crippen MR) is 53.2 cm³/mol. The van der Waals surface area contributed by atoms with E-state index in [2.05, 4.69) is 34.6 Å². The molecule has 2 atom stereocenters. The molecule has 11 heavy (non-hydrogen) atoms. The van der Waals surface area contributed by atoms with E-state index in [0.29, 0.717) is 16.7 Å². The van der Waals surface area contributed by atoms with E-state index in [1.165, 1.54) is 6.42 Å². The van der Waals surface area contributed by atoms with E-state index >= 15 is 0 Å². The molecule has 68 valence electrons. The van der Waals surface area contributed by atoms with Crippen molar-refractivity contribution in [2.75, 3.05) is 0 Å². The average Bonchev–Trinajstić information content (AvgIpc) is 1.85. The minimum Gasteiger partial charge on any atom is -0.123 e. The molecule has 0 spiro atoms. The van der Waals surface area contributed by atoms with Gasteiger partial charge in [-0.3, -0.25) is 0 Å². The van der Waals surface area contributed by atoms with Crippen LogP contribution in [-0.2, 0) is 0 Å². The van der Waals surface area contributed by atoms with Crippen molar-refractivity contribution >= 4 is 11.6 Å². The molecule has 1 heteroatoms. The Bertz CT molecular complexity index is 102. The lowest BCUT2D eigenvalue weighted by atomic mass is 9.79. The summed E-state index contributed by atoms with van der Waals surface area (Å²) in [5, 5.41) is 0.347. The lowest BCUT2D eigenvalue weighted by molar-refractivity contribution is 0.247. The van der Waals surface area contributed by atoms with Gasteiger partial charge in [0.15, 0.2) is 0 Å². The van der Waals surface area contributed by atoms with Gasteiger partial charge in [0.05, 0.1) is 0 Å². The molecule has 0 N–H and O–H groups in total. The topological polar surface area (TPSA) is 0 Å². The van der Waals surface area contributed by atoms with E-state index < -0.39 is 0 Å². The smallest absolute Gasteiger partial charge is 0.0366 e. The second-order valence-electron chi connectivity index (χ2n) is 4.46. The summed E-state index contributed by atoms with van der Waals surface area (Å²) in [7, 11) is 0. The Balaban J connectivity index is 3.91. The quantitative estimate of drug-likeness (QED) is 0.569. The van der Waals surface area contributed by atoms with Gasteiger partial charge < -0.3 is 0 Å². The number of hydrogen-bond donors (Lipinski definition) is 0. The highest BCUT2D eigenvalue weighted by molar-refractivity contribution is 6.20. The van der Waals surface area contributed by atoms with Gasteiger partial charge in [0.1, 0.15) is 0 Å². The fourth-order valence-electron chi connectivity index (χ4n) is 1.07. The van der Waals surface area contributed by atoms with Crippen molar-refractivity contribution in [3.8, 4) is 0 Å². The van der Waals surface area contributed by atoms with E-state index in [-0.39, 0.29) is 0 Å². The Morgan fingerprint density at radius 2 is 1.73 bits per heavy atom. The van der Waals surface area contributed by atoms with Gasteiger partial charge in [-0.2, -0.15) is 0 Å². The largest absolute Gasteiger partial charge is 0.123 e. The maximum atomic E-state index is 6.22. The third-order valence-electron chi connectivity index (χ3n) is 2.47. The molecule has 0 saturated carbocycles. The van der Waals surface area contributed by atoms with Gasteiger partial charge in [-0.1, -0.05) is 41.0 Å². The van der Waals surface area contributed by atoms with Crippen LogP contribution >= 0.6 is 11.6 Å². The molecule has 0 nitrogen and oxygen atoms in total. The van der Waals surface area contributed by atoms with Gasteiger partial charge in [0, 0.05) is 5.38 Å². The Morgan fingerprint density at radius 3 is 2.00 bits per heavy atom. The number of alkyl halides is 1. The minimum absolute atomic E-state index is 0.347. The third-order valence-corrected chi connectivity index (χ3v) is 3.07. The van der Waals surface area contributed by atoms with Gasteiger partial charge in [0.2, 0.25) is 0 Å². The molecule has 0 amide bonds. The van der Waals surface area contributed by atoms with Crippen LogP contribution in [0.15, 0.2) is 0 Å². The fraction of sp³-hybridized carbons (Fsp3) is 1.00. The van der Waals surface area contributed by atoms with Crippen LogP contribution in [0.3, 0.4) is 0 Å². The summed E-state index contributed by atoms with van der Waals surface area (Å²) in [6.07, 6.45) is 2.33. The highest BCUT2D eigenvalue weighted by Crippen LogP contribution is 2.32. The van der Waals surface area contributed by atoms with Crippen molar-refractivity contribution in [1.82, 2.24) is 0 Å². The maximum Gasteiger partial charge on any atom is 0.0366 e. The van der Waals surface area contributed by atoms with Gasteiger partial charge in [-0.05, 0) is 17.8 Å². The summed E-state index contributed by atoms with van der Waals surface area (Å²) in [5.74, 6) is 0.601. The Labute approximate surface area is 76.3 Å². The Morgan fingerprint density at radius 1 is 1.27 bits per heavy atom. The summed E-state index contributed by atoms with van der Waals surface area (Å²) < 4.78 is 0. The molecule has 0 aliphatic carbocycles. The second-order valence-corrected chi connectivity index (χ2v) is 5.02. The number of halogens is 1. The van der Waals surface area contributed by atoms with Crippen LogP contribution in [0.5, 0.6) is 0 Å². The monoisotopic (exact) mass is 176 g/mol. The van der Waals surface area contributed by atoms with Crippen LogP contribution in [0.25, 0.3) is 0 Å². The SMILES string of the molecule is CCCC(Cl)C(C)C(C)(C)C. The molecule has 2 unspecified atom stereocenters. The van der Waals surface area contributed by atoms with Crippen molar-refractivity contribution in [2.24, 2.45) is 11.3 Å². The predicted octanol–water partition coefficient (Wildman–Crippen LogP) is 4.08. The molecule has 0 aromatic rings. The van der Waals surface area contributed by atoms with Crippen molar-refractivity contribution < 1.29 is 0 Å². The summed E-state index contributed by atoms with van der Waals surface area (Å²) >= 11 is 6.22. The van der Waals surface area contributed by atoms with Gasteiger partial charge >= 0.3 is 0 Å². The normalized spacial score (nSPS) is 18.0. The van der Waals surface area contributed by atoms with E-state index in [4.69, 9.17) is 11.6 Å². The van der Waals surface area contributed by atoms with Crippen LogP contribution in [0.2, 0.25) is 0 Å². The second kappa shape index (κ2) is 4.35. The Hall–Kier alpha value is 0.290. The first kappa shape index (κ1) is 11.3. The standard InChI is InChI=1S/C10H21Cl/c1-6-7-9(11)8(2)10(3,4)5/h8-9H,6-7H2,1-5H3. The summed E-state index contributed by atoms with van der Waals surface area (Å²) in [4.78, 5) is 0. The molecule has 0 aromatic carbocycles. The lowest BCUT2D eigenvalue weighted by Crippen LogP contribution is -2.25. The zero-order valence-corrected chi connectivity index (χ0v) is 9.20. The minimum atomic E-state index is 0.347. The molecule has 0 saturated heterocycles. The van der Waals surface area contributed by atoms with Crippen LogP contribution in [-0.4, -0.2) is 5.38 Å². The molecule has 0 aliphatic heterocycles. The molecule has 0 rings (SSSR count). The van der Waals surface area contributed by atoms with Gasteiger partial charge in [-0.15, -0.1) is 11.6 Å². The van der Waals surface area contributed by atoms with Crippen molar-refractivity contribution in [2.45, 2.75) is 52.8 Å². The number of hydrogen-bond acceptors (Lipinski definition) is 0. The van der Waals surface area contributed by atoms with E-state index in [1.54, 1.807) is 0 Å². The van der Waals surface area contributed by atoms with Crippen LogP contribution in [0.4, 0.5) is 0 Å². The lowest BCUT2D eigenvalue weighted by Gasteiger charge is -2.30. The maximum absolute atomic E-state index is 6.22. The molecule has 0 bridgehead atoms. The number of rotatable bonds is 3. The van der Waals surface area contributed by atoms with Crippen LogP contribution in [0, 0.1) is 11.3 Å². The van der Waals surface area contributed by atoms with Gasteiger partial charge in [0.25, 0.3) is 0 Å². The molecule has 0 aromatic heterocycles. The first-order valence-electron chi connectivity index (χ1n) is 4.53. The molecule has 0 fully saturated rings. The van der Waals surface area contributed by atoms with Gasteiger partial charge in [-0.25, -0.2) is 0 Å². The van der Waals surface area contributed by atoms with Crippen LogP contribution in [0.1, 0.15) is 47.5 Å². The fourth-order valence-corrected chi connectivity index (χ4v) is 1.66. The first-order chi connectivity index (χ1) is 4.89. The zero-order chi connectivity index (χ0) is 9.07. The third kappa shape index (κ3) is 4.00. The van der Waals surface area contributed by atoms with Crippen molar-refractivity contribution in [1.29, 1.82) is 0 Å². The highest BCUT2D eigenvalue weighted by Gasteiger charge is 2.25. The summed E-state index contributed by atoms with van der Waals surface area (Å²) in [6, 6.07) is 0. The molecule has 0 heterocycles.